The van der Waals surface area contributed by atoms with Crippen LogP contribution >= 0.6 is 11.8 Å². The van der Waals surface area contributed by atoms with Crippen molar-refractivity contribution in [2.45, 2.75) is 38.4 Å². The van der Waals surface area contributed by atoms with Gasteiger partial charge in [0.15, 0.2) is 0 Å². The molecule has 0 saturated heterocycles. The zero-order chi connectivity index (χ0) is 22.5. The van der Waals surface area contributed by atoms with E-state index < -0.39 is 6.04 Å². The number of hydrogen-bond acceptors (Lipinski definition) is 6. The minimum Gasteiger partial charge on any atom is -0.494 e. The molecule has 0 aliphatic carbocycles. The number of ether oxygens (including phenoxy) is 1. The summed E-state index contributed by atoms with van der Waals surface area (Å²) in [5, 5.41) is 11.7. The average Bonchev–Trinajstić information content (AvgIpc) is 3.20. The van der Waals surface area contributed by atoms with Gasteiger partial charge in [-0.05, 0) is 38.5 Å². The number of rotatable bonds is 8. The Morgan fingerprint density at radius 3 is 2.66 bits per heavy atom. The lowest BCUT2D eigenvalue weighted by Gasteiger charge is -2.29. The van der Waals surface area contributed by atoms with Crippen molar-refractivity contribution in [2.75, 3.05) is 23.0 Å². The smallest absolute Gasteiger partial charge is 0.255 e. The van der Waals surface area contributed by atoms with Crippen molar-refractivity contribution in [1.29, 1.82) is 0 Å². The van der Waals surface area contributed by atoms with Crippen LogP contribution in [-0.4, -0.2) is 33.0 Å². The van der Waals surface area contributed by atoms with Crippen LogP contribution in [0.1, 0.15) is 38.8 Å². The summed E-state index contributed by atoms with van der Waals surface area (Å²) in [6.07, 6.45) is 1.03. The Kier molecular flexibility index (Phi) is 6.80. The van der Waals surface area contributed by atoms with Gasteiger partial charge >= 0.3 is 0 Å². The first kappa shape index (κ1) is 22.0. The van der Waals surface area contributed by atoms with Crippen LogP contribution in [0.25, 0.3) is 0 Å². The van der Waals surface area contributed by atoms with Crippen molar-refractivity contribution < 1.29 is 9.53 Å². The van der Waals surface area contributed by atoms with Crippen LogP contribution in [0.4, 0.5) is 11.6 Å². The highest BCUT2D eigenvalue weighted by Crippen LogP contribution is 2.40. The maximum atomic E-state index is 13.5. The van der Waals surface area contributed by atoms with E-state index in [2.05, 4.69) is 22.5 Å². The molecule has 1 unspecified atom stereocenters. The van der Waals surface area contributed by atoms with E-state index in [-0.39, 0.29) is 5.91 Å². The Labute approximate surface area is 192 Å². The van der Waals surface area contributed by atoms with Crippen LogP contribution in [0.15, 0.2) is 71.0 Å². The summed E-state index contributed by atoms with van der Waals surface area (Å²) in [4.78, 5) is 18.2. The normalized spacial score (nSPS) is 15.2. The fraction of sp³-hybridized carbons (Fsp3) is 0.292. The largest absolute Gasteiger partial charge is 0.494 e. The monoisotopic (exact) mass is 449 g/mol. The predicted octanol–water partition coefficient (Wildman–Crippen LogP) is 5.11. The summed E-state index contributed by atoms with van der Waals surface area (Å²) >= 11 is 1.61. The number of amides is 1. The molecule has 166 valence electrons. The van der Waals surface area contributed by atoms with E-state index in [0.29, 0.717) is 23.3 Å². The fourth-order valence-corrected chi connectivity index (χ4v) is 4.36. The first-order chi connectivity index (χ1) is 15.6. The summed E-state index contributed by atoms with van der Waals surface area (Å²) in [5.41, 5.74) is 2.91. The average molecular weight is 450 g/mol. The molecule has 2 aromatic carbocycles. The Morgan fingerprint density at radius 2 is 1.91 bits per heavy atom. The second kappa shape index (κ2) is 9.91. The van der Waals surface area contributed by atoms with Crippen molar-refractivity contribution in [3.05, 3.63) is 71.4 Å². The van der Waals surface area contributed by atoms with Gasteiger partial charge in [0.1, 0.15) is 11.8 Å². The Bertz CT molecular complexity index is 1130. The molecule has 4 rings (SSSR count). The fourth-order valence-electron chi connectivity index (χ4n) is 3.68. The maximum Gasteiger partial charge on any atom is 0.255 e. The highest BCUT2D eigenvalue weighted by molar-refractivity contribution is 7.99. The lowest BCUT2D eigenvalue weighted by molar-refractivity contribution is -0.113. The van der Waals surface area contributed by atoms with Gasteiger partial charge in [-0.25, -0.2) is 4.68 Å². The number of hydrogen-bond donors (Lipinski definition) is 2. The predicted molar refractivity (Wildman–Crippen MR) is 128 cm³/mol. The molecule has 0 bridgehead atoms. The second-order valence-corrected chi connectivity index (χ2v) is 8.43. The van der Waals surface area contributed by atoms with Gasteiger partial charge < -0.3 is 15.4 Å². The van der Waals surface area contributed by atoms with E-state index in [1.54, 1.807) is 16.4 Å². The Hall–Kier alpha value is -3.26. The van der Waals surface area contributed by atoms with Crippen LogP contribution in [0, 0.1) is 0 Å². The Balaban J connectivity index is 1.80. The minimum absolute atomic E-state index is 0.193. The number of para-hydroxylation sites is 2. The van der Waals surface area contributed by atoms with E-state index in [1.807, 2.05) is 68.4 Å². The summed E-state index contributed by atoms with van der Waals surface area (Å²) in [6.45, 7) is 6.50. The molecule has 8 heteroatoms. The molecule has 0 radical (unpaired) electrons. The maximum absolute atomic E-state index is 13.5. The molecule has 1 aromatic heterocycles. The first-order valence-corrected chi connectivity index (χ1v) is 11.8. The lowest BCUT2D eigenvalue weighted by Crippen LogP contribution is -2.31. The molecule has 7 nitrogen and oxygen atoms in total. The van der Waals surface area contributed by atoms with Crippen molar-refractivity contribution in [2.24, 2.45) is 0 Å². The molecule has 32 heavy (non-hydrogen) atoms. The van der Waals surface area contributed by atoms with Crippen molar-refractivity contribution in [3.8, 4) is 5.75 Å². The van der Waals surface area contributed by atoms with Crippen LogP contribution in [0.5, 0.6) is 5.75 Å². The summed E-state index contributed by atoms with van der Waals surface area (Å²) in [5.74, 6) is 2.08. The van der Waals surface area contributed by atoms with Gasteiger partial charge in [-0.2, -0.15) is 4.98 Å². The van der Waals surface area contributed by atoms with E-state index in [1.165, 1.54) is 0 Å². The third kappa shape index (κ3) is 4.50. The molecule has 3 aromatic rings. The molecule has 0 fully saturated rings. The van der Waals surface area contributed by atoms with Gasteiger partial charge in [0.25, 0.3) is 5.91 Å². The highest BCUT2D eigenvalue weighted by atomic mass is 32.2. The van der Waals surface area contributed by atoms with Gasteiger partial charge in [0, 0.05) is 22.7 Å². The van der Waals surface area contributed by atoms with Gasteiger partial charge in [0.2, 0.25) is 11.1 Å². The molecule has 1 atom stereocenters. The first-order valence-electron chi connectivity index (χ1n) is 10.8. The van der Waals surface area contributed by atoms with Crippen LogP contribution < -0.4 is 15.4 Å². The number of anilines is 2. The quantitative estimate of drug-likeness (QED) is 0.465. The molecule has 1 amide bonds. The number of allylic oxidation sites excluding steroid dienone is 1. The summed E-state index contributed by atoms with van der Waals surface area (Å²) in [7, 11) is 0. The third-order valence-corrected chi connectivity index (χ3v) is 6.10. The zero-order valence-electron chi connectivity index (χ0n) is 18.5. The molecular formula is C24H27N5O2S. The van der Waals surface area contributed by atoms with Gasteiger partial charge in [-0.15, -0.1) is 5.10 Å². The van der Waals surface area contributed by atoms with Crippen LogP contribution in [0.2, 0.25) is 0 Å². The second-order valence-electron chi connectivity index (χ2n) is 7.37. The number of nitrogens with one attached hydrogen (secondary N) is 2. The Morgan fingerprint density at radius 1 is 1.16 bits per heavy atom. The van der Waals surface area contributed by atoms with Crippen molar-refractivity contribution in [1.82, 2.24) is 14.8 Å². The topological polar surface area (TPSA) is 81.1 Å². The van der Waals surface area contributed by atoms with Gasteiger partial charge in [0.05, 0.1) is 12.2 Å². The minimum atomic E-state index is -0.471. The molecule has 1 aliphatic heterocycles. The van der Waals surface area contributed by atoms with Crippen LogP contribution in [0.3, 0.4) is 0 Å². The number of carbonyl (C=O) groups excluding carboxylic acids is 1. The number of thioether (sulfide) groups is 1. The standard InChI is InChI=1S/C24H27N5O2S/c1-4-15-32-24-27-23-25-16(3)20(22(30)26-17-11-7-6-8-12-17)21(29(23)28-24)18-13-9-10-14-19(18)31-5-2/h6-14,21H,4-5,15H2,1-3H3,(H,26,30)(H,25,27,28). The zero-order valence-corrected chi connectivity index (χ0v) is 19.3. The molecule has 2 heterocycles. The van der Waals surface area contributed by atoms with Crippen molar-refractivity contribution in [3.63, 3.8) is 0 Å². The molecule has 1 aliphatic rings. The van der Waals surface area contributed by atoms with E-state index in [0.717, 1.165) is 34.9 Å². The number of nitrogens with zero attached hydrogens (tertiary/aromatic N) is 3. The van der Waals surface area contributed by atoms with E-state index in [4.69, 9.17) is 9.84 Å². The summed E-state index contributed by atoms with van der Waals surface area (Å²) < 4.78 is 7.71. The highest BCUT2D eigenvalue weighted by Gasteiger charge is 2.36. The third-order valence-electron chi connectivity index (χ3n) is 5.06. The molecule has 0 saturated carbocycles. The lowest BCUT2D eigenvalue weighted by atomic mass is 9.94. The SMILES string of the molecule is CCCSc1nc2n(n1)C(c1ccccc1OCC)C(C(=O)Nc1ccccc1)=C(C)N2. The molecule has 2 N–H and O–H groups in total. The summed E-state index contributed by atoms with van der Waals surface area (Å²) in [6, 6.07) is 16.8. The van der Waals surface area contributed by atoms with Crippen LogP contribution in [-0.2, 0) is 4.79 Å². The van der Waals surface area contributed by atoms with Gasteiger partial charge in [-0.3, -0.25) is 4.79 Å². The number of fused-ring (bicyclic) bond motifs is 1. The van der Waals surface area contributed by atoms with Gasteiger partial charge in [-0.1, -0.05) is 55.1 Å². The number of benzene rings is 2. The molecular weight excluding hydrogens is 422 g/mol. The van der Waals surface area contributed by atoms with E-state index in [9.17, 15) is 4.79 Å². The number of carbonyl (C=O) groups is 1. The molecule has 0 spiro atoms. The van der Waals surface area contributed by atoms with E-state index >= 15 is 0 Å². The number of aromatic nitrogens is 3. The van der Waals surface area contributed by atoms with Crippen molar-refractivity contribution >= 4 is 29.3 Å².